The topological polar surface area (TPSA) is 51.0 Å². The molecule has 1 atom stereocenters. The van der Waals surface area contributed by atoms with E-state index in [1.165, 1.54) is 4.88 Å². The van der Waals surface area contributed by atoms with Gasteiger partial charge in [0.05, 0.1) is 23.4 Å². The lowest BCUT2D eigenvalue weighted by Crippen LogP contribution is -2.17. The number of aromatic nitrogens is 2. The Morgan fingerprint density at radius 2 is 2.31 bits per heavy atom. The Bertz CT molecular complexity index is 450. The summed E-state index contributed by atoms with van der Waals surface area (Å²) in [5.41, 5.74) is 1.11. The third-order valence-electron chi connectivity index (χ3n) is 2.41. The normalized spacial score (nSPS) is 12.9. The van der Waals surface area contributed by atoms with Gasteiger partial charge in [0.25, 0.3) is 0 Å². The van der Waals surface area contributed by atoms with Crippen LogP contribution in [0.4, 0.5) is 0 Å². The van der Waals surface area contributed by atoms with E-state index < -0.39 is 0 Å². The van der Waals surface area contributed by atoms with Gasteiger partial charge in [-0.1, -0.05) is 5.16 Å². The third kappa shape index (κ3) is 2.48. The summed E-state index contributed by atoms with van der Waals surface area (Å²) >= 11 is 1.74. The SMILES string of the molecule is Cc1nc(C)c(C(C)NCc2ccno2)s1. The number of aryl methyl sites for hydroxylation is 2. The summed E-state index contributed by atoms with van der Waals surface area (Å²) < 4.78 is 5.03. The van der Waals surface area contributed by atoms with Gasteiger partial charge in [-0.15, -0.1) is 11.3 Å². The molecule has 0 aliphatic rings. The van der Waals surface area contributed by atoms with Crippen molar-refractivity contribution in [2.45, 2.75) is 33.4 Å². The van der Waals surface area contributed by atoms with E-state index in [2.05, 4.69) is 22.4 Å². The first-order chi connectivity index (χ1) is 7.66. The third-order valence-corrected chi connectivity index (χ3v) is 3.66. The minimum atomic E-state index is 0.288. The fourth-order valence-electron chi connectivity index (χ4n) is 1.63. The smallest absolute Gasteiger partial charge is 0.150 e. The molecule has 0 bridgehead atoms. The van der Waals surface area contributed by atoms with E-state index in [1.54, 1.807) is 17.5 Å². The quantitative estimate of drug-likeness (QED) is 0.888. The lowest BCUT2D eigenvalue weighted by atomic mass is 10.2. The molecule has 4 nitrogen and oxygen atoms in total. The van der Waals surface area contributed by atoms with Crippen LogP contribution >= 0.6 is 11.3 Å². The van der Waals surface area contributed by atoms with Crippen molar-refractivity contribution in [2.24, 2.45) is 0 Å². The number of thiazole rings is 1. The molecule has 0 radical (unpaired) electrons. The summed E-state index contributed by atoms with van der Waals surface area (Å²) in [7, 11) is 0. The average Bonchev–Trinajstić information content (AvgIpc) is 2.84. The molecule has 0 aliphatic heterocycles. The molecule has 0 fully saturated rings. The molecule has 5 heteroatoms. The zero-order valence-corrected chi connectivity index (χ0v) is 10.5. The second-order valence-corrected chi connectivity index (χ2v) is 5.00. The van der Waals surface area contributed by atoms with Crippen molar-refractivity contribution >= 4 is 11.3 Å². The van der Waals surface area contributed by atoms with Gasteiger partial charge in [0.2, 0.25) is 0 Å². The first kappa shape index (κ1) is 11.3. The first-order valence-electron chi connectivity index (χ1n) is 5.23. The highest BCUT2D eigenvalue weighted by molar-refractivity contribution is 7.11. The highest BCUT2D eigenvalue weighted by Crippen LogP contribution is 2.24. The van der Waals surface area contributed by atoms with Gasteiger partial charge in [-0.2, -0.15) is 0 Å². The molecular formula is C11H15N3OS. The summed E-state index contributed by atoms with van der Waals surface area (Å²) in [6.07, 6.45) is 1.66. The van der Waals surface area contributed by atoms with Crippen molar-refractivity contribution in [3.8, 4) is 0 Å². The number of nitrogens with zero attached hydrogens (tertiary/aromatic N) is 2. The van der Waals surface area contributed by atoms with Crippen molar-refractivity contribution < 1.29 is 4.52 Å². The molecule has 0 amide bonds. The van der Waals surface area contributed by atoms with Crippen LogP contribution in [0.3, 0.4) is 0 Å². The Kier molecular flexibility index (Phi) is 3.36. The van der Waals surface area contributed by atoms with Crippen LogP contribution in [-0.4, -0.2) is 10.1 Å². The van der Waals surface area contributed by atoms with Gasteiger partial charge in [-0.05, 0) is 20.8 Å². The average molecular weight is 237 g/mol. The summed E-state index contributed by atoms with van der Waals surface area (Å²) in [6.45, 7) is 6.91. The molecule has 0 saturated heterocycles. The maximum Gasteiger partial charge on any atom is 0.150 e. The summed E-state index contributed by atoms with van der Waals surface area (Å²) in [5.74, 6) is 0.853. The number of hydrogen-bond acceptors (Lipinski definition) is 5. The predicted molar refractivity (Wildman–Crippen MR) is 63.3 cm³/mol. The molecular weight excluding hydrogens is 222 g/mol. The van der Waals surface area contributed by atoms with E-state index in [4.69, 9.17) is 4.52 Å². The molecule has 2 rings (SSSR count). The maximum absolute atomic E-state index is 5.03. The molecule has 16 heavy (non-hydrogen) atoms. The van der Waals surface area contributed by atoms with Gasteiger partial charge in [-0.3, -0.25) is 0 Å². The van der Waals surface area contributed by atoms with E-state index >= 15 is 0 Å². The number of nitrogens with one attached hydrogen (secondary N) is 1. The monoisotopic (exact) mass is 237 g/mol. The second-order valence-electron chi connectivity index (χ2n) is 3.76. The molecule has 0 aromatic carbocycles. The summed E-state index contributed by atoms with van der Waals surface area (Å²) in [5, 5.41) is 8.17. The molecule has 2 aromatic rings. The van der Waals surface area contributed by atoms with Gasteiger partial charge in [0.1, 0.15) is 5.76 Å². The van der Waals surface area contributed by atoms with Crippen LogP contribution in [0.25, 0.3) is 0 Å². The standard InChI is InChI=1S/C11H15N3OS/c1-7(11-8(2)14-9(3)16-11)12-6-10-4-5-13-15-10/h4-5,7,12H,6H2,1-3H3. The van der Waals surface area contributed by atoms with E-state index in [0.29, 0.717) is 6.54 Å². The van der Waals surface area contributed by atoms with E-state index in [0.717, 1.165) is 16.5 Å². The summed E-state index contributed by atoms with van der Waals surface area (Å²) in [6, 6.07) is 2.15. The Morgan fingerprint density at radius 1 is 1.50 bits per heavy atom. The Balaban J connectivity index is 1.98. The molecule has 2 aromatic heterocycles. The Hall–Kier alpha value is -1.20. The molecule has 0 saturated carbocycles. The largest absolute Gasteiger partial charge is 0.360 e. The molecule has 2 heterocycles. The first-order valence-corrected chi connectivity index (χ1v) is 6.05. The summed E-state index contributed by atoms with van der Waals surface area (Å²) in [4.78, 5) is 5.71. The number of hydrogen-bond donors (Lipinski definition) is 1. The van der Waals surface area contributed by atoms with Crippen LogP contribution < -0.4 is 5.32 Å². The zero-order valence-electron chi connectivity index (χ0n) is 9.65. The predicted octanol–water partition coefficient (Wildman–Crippen LogP) is 2.60. The fourth-order valence-corrected chi connectivity index (χ4v) is 2.58. The molecule has 1 unspecified atom stereocenters. The lowest BCUT2D eigenvalue weighted by molar-refractivity contribution is 0.366. The van der Waals surface area contributed by atoms with E-state index in [-0.39, 0.29) is 6.04 Å². The van der Waals surface area contributed by atoms with Gasteiger partial charge >= 0.3 is 0 Å². The molecule has 1 N–H and O–H groups in total. The Labute approximate surface area is 98.7 Å². The van der Waals surface area contributed by atoms with Crippen molar-refractivity contribution in [2.75, 3.05) is 0 Å². The minimum absolute atomic E-state index is 0.288. The van der Waals surface area contributed by atoms with Crippen molar-refractivity contribution in [1.29, 1.82) is 0 Å². The minimum Gasteiger partial charge on any atom is -0.360 e. The Morgan fingerprint density at radius 3 is 2.88 bits per heavy atom. The maximum atomic E-state index is 5.03. The van der Waals surface area contributed by atoms with Crippen molar-refractivity contribution in [3.05, 3.63) is 33.6 Å². The highest BCUT2D eigenvalue weighted by Gasteiger charge is 2.12. The van der Waals surface area contributed by atoms with Crippen LogP contribution in [-0.2, 0) is 6.54 Å². The molecule has 86 valence electrons. The van der Waals surface area contributed by atoms with Gasteiger partial charge in [0, 0.05) is 17.0 Å². The van der Waals surface area contributed by atoms with Crippen LogP contribution in [0.2, 0.25) is 0 Å². The van der Waals surface area contributed by atoms with Crippen LogP contribution in [0.1, 0.15) is 34.3 Å². The highest BCUT2D eigenvalue weighted by atomic mass is 32.1. The van der Waals surface area contributed by atoms with Gasteiger partial charge in [0.15, 0.2) is 0 Å². The van der Waals surface area contributed by atoms with Gasteiger partial charge in [-0.25, -0.2) is 4.98 Å². The second kappa shape index (κ2) is 4.76. The fraction of sp³-hybridized carbons (Fsp3) is 0.455. The molecule has 0 aliphatic carbocycles. The van der Waals surface area contributed by atoms with Crippen molar-refractivity contribution in [3.63, 3.8) is 0 Å². The lowest BCUT2D eigenvalue weighted by Gasteiger charge is -2.10. The van der Waals surface area contributed by atoms with Crippen LogP contribution in [0, 0.1) is 13.8 Å². The number of rotatable bonds is 4. The molecule has 0 spiro atoms. The van der Waals surface area contributed by atoms with Crippen molar-refractivity contribution in [1.82, 2.24) is 15.5 Å². The van der Waals surface area contributed by atoms with E-state index in [1.807, 2.05) is 19.9 Å². The van der Waals surface area contributed by atoms with Crippen LogP contribution in [0.15, 0.2) is 16.8 Å². The zero-order chi connectivity index (χ0) is 11.5. The van der Waals surface area contributed by atoms with Gasteiger partial charge < -0.3 is 9.84 Å². The van der Waals surface area contributed by atoms with E-state index in [9.17, 15) is 0 Å². The van der Waals surface area contributed by atoms with Crippen LogP contribution in [0.5, 0.6) is 0 Å².